The molecule has 0 amide bonds. The quantitative estimate of drug-likeness (QED) is 0.749. The first-order chi connectivity index (χ1) is 7.09. The molecule has 2 N–H and O–H groups in total. The Morgan fingerprint density at radius 2 is 2.07 bits per heavy atom. The molecule has 4 heteroatoms. The third kappa shape index (κ3) is 2.09. The van der Waals surface area contributed by atoms with E-state index in [0.29, 0.717) is 18.7 Å². The molecule has 0 unspecified atom stereocenters. The number of rotatable bonds is 5. The van der Waals surface area contributed by atoms with Crippen LogP contribution in [0.15, 0.2) is 12.4 Å². The lowest BCUT2D eigenvalue weighted by molar-refractivity contribution is 0.0864. The fourth-order valence-electron chi connectivity index (χ4n) is 1.57. The summed E-state index contributed by atoms with van der Waals surface area (Å²) in [6.45, 7) is 6.58. The number of aryl methyl sites for hydroxylation is 1. The number of carbonyl (C=O) groups is 1. The van der Waals surface area contributed by atoms with E-state index in [1.54, 1.807) is 12.4 Å². The molecule has 0 fully saturated rings. The van der Waals surface area contributed by atoms with Gasteiger partial charge in [0.25, 0.3) is 0 Å². The Morgan fingerprint density at radius 1 is 1.47 bits per heavy atom. The van der Waals surface area contributed by atoms with Gasteiger partial charge in [-0.3, -0.25) is 4.79 Å². The van der Waals surface area contributed by atoms with Gasteiger partial charge in [-0.1, -0.05) is 13.8 Å². The normalized spacial score (nSPS) is 11.7. The Kier molecular flexibility index (Phi) is 3.63. The summed E-state index contributed by atoms with van der Waals surface area (Å²) in [5.41, 5.74) is 5.29. The zero-order valence-electron chi connectivity index (χ0n) is 9.66. The predicted octanol–water partition coefficient (Wildman–Crippen LogP) is 1.60. The summed E-state index contributed by atoms with van der Waals surface area (Å²) < 4.78 is 1.83. The average Bonchev–Trinajstić information content (AvgIpc) is 2.74. The van der Waals surface area contributed by atoms with Gasteiger partial charge in [-0.05, 0) is 19.8 Å². The minimum Gasteiger partial charge on any atom is -0.329 e. The van der Waals surface area contributed by atoms with Crippen molar-refractivity contribution >= 4 is 5.78 Å². The molecule has 0 atom stereocenters. The molecule has 0 bridgehead atoms. The lowest BCUT2D eigenvalue weighted by atomic mass is 9.88. The van der Waals surface area contributed by atoms with Crippen LogP contribution in [-0.2, 0) is 6.54 Å². The number of imidazole rings is 1. The maximum Gasteiger partial charge on any atom is 0.217 e. The first-order valence-electron chi connectivity index (χ1n) is 5.43. The van der Waals surface area contributed by atoms with Crippen LogP contribution in [0.5, 0.6) is 0 Å². The highest BCUT2D eigenvalue weighted by Gasteiger charge is 2.33. The van der Waals surface area contributed by atoms with Gasteiger partial charge < -0.3 is 10.3 Å². The van der Waals surface area contributed by atoms with Gasteiger partial charge in [0.05, 0.1) is 5.54 Å². The maximum atomic E-state index is 12.2. The van der Waals surface area contributed by atoms with E-state index >= 15 is 0 Å². The molecule has 15 heavy (non-hydrogen) atoms. The molecule has 1 rings (SSSR count). The Hall–Kier alpha value is -1.16. The molecule has 0 saturated heterocycles. The molecule has 1 heterocycles. The number of nitrogens with two attached hydrogens (primary N) is 1. The van der Waals surface area contributed by atoms with E-state index in [9.17, 15) is 4.79 Å². The second-order valence-electron chi connectivity index (χ2n) is 3.73. The van der Waals surface area contributed by atoms with Crippen LogP contribution in [0, 0.1) is 0 Å². The molecule has 0 radical (unpaired) electrons. The second kappa shape index (κ2) is 4.57. The first kappa shape index (κ1) is 11.9. The van der Waals surface area contributed by atoms with Crippen molar-refractivity contribution in [3.8, 4) is 0 Å². The first-order valence-corrected chi connectivity index (χ1v) is 5.43. The van der Waals surface area contributed by atoms with Crippen LogP contribution in [0.25, 0.3) is 0 Å². The molecule has 4 nitrogen and oxygen atoms in total. The summed E-state index contributed by atoms with van der Waals surface area (Å²) in [6.07, 6.45) is 4.72. The monoisotopic (exact) mass is 209 g/mol. The van der Waals surface area contributed by atoms with Crippen LogP contribution >= 0.6 is 0 Å². The molecule has 1 aromatic rings. The van der Waals surface area contributed by atoms with Crippen molar-refractivity contribution in [1.29, 1.82) is 0 Å². The Balaban J connectivity index is 3.03. The highest BCUT2D eigenvalue weighted by molar-refractivity contribution is 6.00. The van der Waals surface area contributed by atoms with Crippen molar-refractivity contribution in [3.63, 3.8) is 0 Å². The van der Waals surface area contributed by atoms with Gasteiger partial charge >= 0.3 is 0 Å². The third-order valence-electron chi connectivity index (χ3n) is 2.97. The van der Waals surface area contributed by atoms with Crippen LogP contribution in [0.2, 0.25) is 0 Å². The van der Waals surface area contributed by atoms with Crippen molar-refractivity contribution in [2.45, 2.75) is 45.7 Å². The molecular weight excluding hydrogens is 190 g/mol. The molecule has 0 aliphatic rings. The second-order valence-corrected chi connectivity index (χ2v) is 3.73. The van der Waals surface area contributed by atoms with Crippen molar-refractivity contribution < 1.29 is 4.79 Å². The van der Waals surface area contributed by atoms with Crippen LogP contribution < -0.4 is 5.73 Å². The van der Waals surface area contributed by atoms with Gasteiger partial charge in [0, 0.05) is 18.9 Å². The van der Waals surface area contributed by atoms with Crippen molar-refractivity contribution in [2.75, 3.05) is 0 Å². The Morgan fingerprint density at radius 3 is 2.53 bits per heavy atom. The summed E-state index contributed by atoms with van der Waals surface area (Å²) in [4.78, 5) is 16.2. The summed E-state index contributed by atoms with van der Waals surface area (Å²) in [5, 5.41) is 0. The number of hydrogen-bond donors (Lipinski definition) is 1. The van der Waals surface area contributed by atoms with E-state index in [4.69, 9.17) is 5.73 Å². The van der Waals surface area contributed by atoms with Gasteiger partial charge in [-0.15, -0.1) is 0 Å². The highest BCUT2D eigenvalue weighted by atomic mass is 16.1. The summed E-state index contributed by atoms with van der Waals surface area (Å²) in [7, 11) is 0. The van der Waals surface area contributed by atoms with Crippen LogP contribution in [0.3, 0.4) is 0 Å². The zero-order valence-corrected chi connectivity index (χ0v) is 9.66. The van der Waals surface area contributed by atoms with E-state index in [0.717, 1.165) is 6.54 Å². The van der Waals surface area contributed by atoms with E-state index in [2.05, 4.69) is 4.98 Å². The molecule has 0 aliphatic heterocycles. The lowest BCUT2D eigenvalue weighted by Gasteiger charge is -2.24. The van der Waals surface area contributed by atoms with E-state index in [1.165, 1.54) is 0 Å². The van der Waals surface area contributed by atoms with Gasteiger partial charge in [-0.2, -0.15) is 0 Å². The highest BCUT2D eigenvalue weighted by Crippen LogP contribution is 2.17. The zero-order chi connectivity index (χ0) is 11.5. The molecule has 0 aliphatic carbocycles. The average molecular weight is 209 g/mol. The van der Waals surface area contributed by atoms with Crippen molar-refractivity contribution in [2.24, 2.45) is 5.73 Å². The molecule has 0 spiro atoms. The van der Waals surface area contributed by atoms with Gasteiger partial charge in [0.1, 0.15) is 0 Å². The Bertz CT molecular complexity index is 339. The largest absolute Gasteiger partial charge is 0.329 e. The standard InChI is InChI=1S/C11H19N3O/c1-4-11(12,5-2)9(15)10-13-7-8-14(10)6-3/h7-8H,4-6,12H2,1-3H3. The van der Waals surface area contributed by atoms with Gasteiger partial charge in [0.15, 0.2) is 5.82 Å². The van der Waals surface area contributed by atoms with Crippen LogP contribution in [-0.4, -0.2) is 20.9 Å². The van der Waals surface area contributed by atoms with Crippen LogP contribution in [0.1, 0.15) is 44.2 Å². The van der Waals surface area contributed by atoms with Crippen LogP contribution in [0.4, 0.5) is 0 Å². The number of Topliss-reactive ketones (excluding diaryl/α,β-unsaturated/α-hetero) is 1. The van der Waals surface area contributed by atoms with Gasteiger partial charge in [0.2, 0.25) is 5.78 Å². The number of carbonyl (C=O) groups excluding carboxylic acids is 1. The molecule has 0 saturated carbocycles. The number of ketones is 1. The summed E-state index contributed by atoms with van der Waals surface area (Å²) in [5.74, 6) is 0.419. The minimum absolute atomic E-state index is 0.0562. The number of hydrogen-bond acceptors (Lipinski definition) is 3. The number of aromatic nitrogens is 2. The minimum atomic E-state index is -0.766. The van der Waals surface area contributed by atoms with Gasteiger partial charge in [-0.25, -0.2) is 4.98 Å². The molecule has 1 aromatic heterocycles. The van der Waals surface area contributed by atoms with E-state index < -0.39 is 5.54 Å². The van der Waals surface area contributed by atoms with Crippen molar-refractivity contribution in [1.82, 2.24) is 9.55 Å². The molecule has 84 valence electrons. The molecular formula is C11H19N3O. The SMILES string of the molecule is CCn1ccnc1C(=O)C(N)(CC)CC. The third-order valence-corrected chi connectivity index (χ3v) is 2.97. The maximum absolute atomic E-state index is 12.2. The summed E-state index contributed by atoms with van der Waals surface area (Å²) >= 11 is 0. The predicted molar refractivity (Wildman–Crippen MR) is 59.7 cm³/mol. The summed E-state index contributed by atoms with van der Waals surface area (Å²) in [6, 6.07) is 0. The fourth-order valence-corrected chi connectivity index (χ4v) is 1.57. The fraction of sp³-hybridized carbons (Fsp3) is 0.636. The smallest absolute Gasteiger partial charge is 0.217 e. The van der Waals surface area contributed by atoms with E-state index in [-0.39, 0.29) is 5.78 Å². The Labute approximate surface area is 90.5 Å². The number of nitrogens with zero attached hydrogens (tertiary/aromatic N) is 2. The topological polar surface area (TPSA) is 60.9 Å². The molecule has 0 aromatic carbocycles. The van der Waals surface area contributed by atoms with E-state index in [1.807, 2.05) is 25.3 Å². The lowest BCUT2D eigenvalue weighted by Crippen LogP contribution is -2.47. The van der Waals surface area contributed by atoms with Crippen molar-refractivity contribution in [3.05, 3.63) is 18.2 Å².